The van der Waals surface area contributed by atoms with Crippen molar-refractivity contribution in [3.63, 3.8) is 0 Å². The molecule has 72 valence electrons. The molecule has 1 N–H and O–H groups in total. The zero-order valence-electron chi connectivity index (χ0n) is 7.40. The lowest BCUT2D eigenvalue weighted by atomic mass is 10.2. The van der Waals surface area contributed by atoms with Crippen LogP contribution >= 0.6 is 11.6 Å². The molecule has 0 amide bonds. The quantitative estimate of drug-likeness (QED) is 0.722. The molecule has 1 aromatic carbocycles. The molecule has 0 spiro atoms. The highest BCUT2D eigenvalue weighted by Gasteiger charge is 2.12. The largest absolute Gasteiger partial charge is 0.351 e. The lowest BCUT2D eigenvalue weighted by Crippen LogP contribution is -1.91. The lowest BCUT2D eigenvalue weighted by Gasteiger charge is -1.89. The Morgan fingerprint density at radius 2 is 2.21 bits per heavy atom. The standard InChI is InChI=1S/C10H7ClFNO/c1-5(14)10-9(11)7-3-2-6(12)4-8(7)13-10/h2-4,13H,1H3. The summed E-state index contributed by atoms with van der Waals surface area (Å²) >= 11 is 5.93. The Kier molecular flexibility index (Phi) is 2.04. The number of nitrogens with one attached hydrogen (secondary N) is 1. The number of H-pyrrole nitrogens is 1. The molecule has 0 bridgehead atoms. The molecule has 0 saturated carbocycles. The molecule has 14 heavy (non-hydrogen) atoms. The van der Waals surface area contributed by atoms with Crippen LogP contribution in [-0.2, 0) is 0 Å². The fraction of sp³-hybridized carbons (Fsp3) is 0.100. The van der Waals surface area contributed by atoms with E-state index in [2.05, 4.69) is 4.98 Å². The number of aromatic amines is 1. The van der Waals surface area contributed by atoms with Crippen molar-refractivity contribution in [2.24, 2.45) is 0 Å². The van der Waals surface area contributed by atoms with Crippen molar-refractivity contribution in [3.8, 4) is 0 Å². The average molecular weight is 212 g/mol. The van der Waals surface area contributed by atoms with Gasteiger partial charge in [-0.15, -0.1) is 0 Å². The highest BCUT2D eigenvalue weighted by atomic mass is 35.5. The summed E-state index contributed by atoms with van der Waals surface area (Å²) in [4.78, 5) is 13.9. The first-order chi connectivity index (χ1) is 6.59. The van der Waals surface area contributed by atoms with Crippen molar-refractivity contribution < 1.29 is 9.18 Å². The van der Waals surface area contributed by atoms with Crippen LogP contribution in [0.25, 0.3) is 10.9 Å². The topological polar surface area (TPSA) is 32.9 Å². The van der Waals surface area contributed by atoms with Crippen molar-refractivity contribution in [1.82, 2.24) is 4.98 Å². The first kappa shape index (κ1) is 9.21. The molecule has 2 rings (SSSR count). The minimum atomic E-state index is -0.356. The fourth-order valence-electron chi connectivity index (χ4n) is 1.38. The third kappa shape index (κ3) is 1.30. The molecule has 0 saturated heterocycles. The monoisotopic (exact) mass is 211 g/mol. The maximum absolute atomic E-state index is 12.8. The summed E-state index contributed by atoms with van der Waals surface area (Å²) in [5, 5.41) is 1.02. The summed E-state index contributed by atoms with van der Waals surface area (Å²) in [5.41, 5.74) is 0.868. The minimum Gasteiger partial charge on any atom is -0.351 e. The summed E-state index contributed by atoms with van der Waals surface area (Å²) in [6.07, 6.45) is 0. The number of aromatic nitrogens is 1. The van der Waals surface area contributed by atoms with Crippen molar-refractivity contribution >= 4 is 28.3 Å². The Labute approximate surface area is 84.7 Å². The number of Topliss-reactive ketones (excluding diaryl/α,β-unsaturated/α-hetero) is 1. The van der Waals surface area contributed by atoms with Crippen LogP contribution in [0.4, 0.5) is 4.39 Å². The second-order valence-electron chi connectivity index (χ2n) is 3.06. The second-order valence-corrected chi connectivity index (χ2v) is 3.44. The van der Waals surface area contributed by atoms with Gasteiger partial charge in [0.15, 0.2) is 5.78 Å². The number of fused-ring (bicyclic) bond motifs is 1. The predicted octanol–water partition coefficient (Wildman–Crippen LogP) is 3.16. The summed E-state index contributed by atoms with van der Waals surface area (Å²) in [6, 6.07) is 4.18. The molecule has 0 fully saturated rings. The van der Waals surface area contributed by atoms with Gasteiger partial charge in [-0.1, -0.05) is 11.6 Å². The molecule has 0 aliphatic carbocycles. The van der Waals surface area contributed by atoms with Gasteiger partial charge in [-0.2, -0.15) is 0 Å². The van der Waals surface area contributed by atoms with Gasteiger partial charge >= 0.3 is 0 Å². The van der Waals surface area contributed by atoms with Crippen molar-refractivity contribution in [2.75, 3.05) is 0 Å². The molecule has 0 aliphatic heterocycles. The minimum absolute atomic E-state index is 0.161. The van der Waals surface area contributed by atoms with Crippen LogP contribution in [-0.4, -0.2) is 10.8 Å². The van der Waals surface area contributed by atoms with Crippen LogP contribution in [0.5, 0.6) is 0 Å². The SMILES string of the molecule is CC(=O)c1[nH]c2cc(F)ccc2c1Cl. The molecule has 0 radical (unpaired) electrons. The zero-order chi connectivity index (χ0) is 10.3. The molecule has 2 aromatic rings. The number of hydrogen-bond donors (Lipinski definition) is 1. The molecule has 1 aromatic heterocycles. The van der Waals surface area contributed by atoms with Gasteiger partial charge in [-0.05, 0) is 18.2 Å². The average Bonchev–Trinajstić information content (AvgIpc) is 2.43. The van der Waals surface area contributed by atoms with Crippen LogP contribution in [0.1, 0.15) is 17.4 Å². The summed E-state index contributed by atoms with van der Waals surface area (Å²) in [6.45, 7) is 1.41. The zero-order valence-corrected chi connectivity index (χ0v) is 8.15. The number of halogens is 2. The highest BCUT2D eigenvalue weighted by Crippen LogP contribution is 2.27. The summed E-state index contributed by atoms with van der Waals surface area (Å²) in [5.74, 6) is -0.517. The predicted molar refractivity (Wildman–Crippen MR) is 53.3 cm³/mol. The molecule has 4 heteroatoms. The van der Waals surface area contributed by atoms with E-state index >= 15 is 0 Å². The summed E-state index contributed by atoms with van der Waals surface area (Å²) < 4.78 is 12.8. The molecule has 0 unspecified atom stereocenters. The Morgan fingerprint density at radius 3 is 2.86 bits per heavy atom. The Morgan fingerprint density at radius 1 is 1.50 bits per heavy atom. The second kappa shape index (κ2) is 3.10. The Hall–Kier alpha value is -1.35. The van der Waals surface area contributed by atoms with Gasteiger partial charge in [-0.25, -0.2) is 4.39 Å². The van der Waals surface area contributed by atoms with Crippen LogP contribution in [0.15, 0.2) is 18.2 Å². The van der Waals surface area contributed by atoms with Crippen molar-refractivity contribution in [3.05, 3.63) is 34.7 Å². The highest BCUT2D eigenvalue weighted by molar-refractivity contribution is 6.38. The van der Waals surface area contributed by atoms with Crippen LogP contribution < -0.4 is 0 Å². The van der Waals surface area contributed by atoms with E-state index in [-0.39, 0.29) is 11.6 Å². The van der Waals surface area contributed by atoms with Crippen LogP contribution in [0, 0.1) is 5.82 Å². The van der Waals surface area contributed by atoms with Gasteiger partial charge in [0.2, 0.25) is 0 Å². The van der Waals surface area contributed by atoms with Crippen LogP contribution in [0.2, 0.25) is 5.02 Å². The van der Waals surface area contributed by atoms with Crippen LogP contribution in [0.3, 0.4) is 0 Å². The summed E-state index contributed by atoms with van der Waals surface area (Å²) in [7, 11) is 0. The maximum Gasteiger partial charge on any atom is 0.177 e. The molecular formula is C10H7ClFNO. The number of carbonyl (C=O) groups is 1. The van der Waals surface area contributed by atoms with E-state index in [9.17, 15) is 9.18 Å². The van der Waals surface area contributed by atoms with Gasteiger partial charge in [0, 0.05) is 12.3 Å². The van der Waals surface area contributed by atoms with Gasteiger partial charge in [-0.3, -0.25) is 4.79 Å². The smallest absolute Gasteiger partial charge is 0.177 e. The number of hydrogen-bond acceptors (Lipinski definition) is 1. The van der Waals surface area contributed by atoms with E-state index in [4.69, 9.17) is 11.6 Å². The number of benzene rings is 1. The first-order valence-electron chi connectivity index (χ1n) is 4.07. The molecule has 0 aliphatic rings. The van der Waals surface area contributed by atoms with E-state index in [1.54, 1.807) is 6.07 Å². The molecular weight excluding hydrogens is 205 g/mol. The molecule has 2 nitrogen and oxygen atoms in total. The number of rotatable bonds is 1. The van der Waals surface area contributed by atoms with Gasteiger partial charge in [0.1, 0.15) is 11.5 Å². The van der Waals surface area contributed by atoms with E-state index < -0.39 is 0 Å². The van der Waals surface area contributed by atoms with E-state index in [0.717, 1.165) is 0 Å². The lowest BCUT2D eigenvalue weighted by molar-refractivity contribution is 0.101. The number of carbonyl (C=O) groups excluding carboxylic acids is 1. The van der Waals surface area contributed by atoms with E-state index in [1.807, 2.05) is 0 Å². The third-order valence-corrected chi connectivity index (χ3v) is 2.44. The fourth-order valence-corrected chi connectivity index (χ4v) is 1.72. The molecule has 0 atom stereocenters. The molecule has 1 heterocycles. The Balaban J connectivity index is 2.79. The maximum atomic E-state index is 12.8. The van der Waals surface area contributed by atoms with Gasteiger partial charge < -0.3 is 4.98 Å². The third-order valence-electron chi connectivity index (χ3n) is 2.05. The first-order valence-corrected chi connectivity index (χ1v) is 4.45. The Bertz CT molecular complexity index is 518. The van der Waals surface area contributed by atoms with Gasteiger partial charge in [0.05, 0.1) is 10.5 Å². The van der Waals surface area contributed by atoms with E-state index in [1.165, 1.54) is 19.1 Å². The van der Waals surface area contributed by atoms with E-state index in [0.29, 0.717) is 21.6 Å². The number of ketones is 1. The van der Waals surface area contributed by atoms with Crippen molar-refractivity contribution in [1.29, 1.82) is 0 Å². The van der Waals surface area contributed by atoms with Crippen molar-refractivity contribution in [2.45, 2.75) is 6.92 Å². The normalized spacial score (nSPS) is 10.8. The van der Waals surface area contributed by atoms with Gasteiger partial charge in [0.25, 0.3) is 0 Å².